The van der Waals surface area contributed by atoms with E-state index in [0.29, 0.717) is 11.3 Å². The Bertz CT molecular complexity index is 1030. The number of halogens is 3. The van der Waals surface area contributed by atoms with Gasteiger partial charge in [-0.15, -0.1) is 12.4 Å². The lowest BCUT2D eigenvalue weighted by atomic mass is 10.0. The first-order chi connectivity index (χ1) is 14.1. The van der Waals surface area contributed by atoms with Crippen molar-refractivity contribution in [2.75, 3.05) is 17.2 Å². The first-order valence-corrected chi connectivity index (χ1v) is 9.06. The van der Waals surface area contributed by atoms with Crippen LogP contribution in [0.4, 0.5) is 20.2 Å². The molecule has 0 heterocycles. The highest BCUT2D eigenvalue weighted by Gasteiger charge is 2.30. The Balaban J connectivity index is 0.00000480. The smallest absolute Gasteiger partial charge is 0.270 e. The molecule has 2 aromatic carbocycles. The van der Waals surface area contributed by atoms with Crippen LogP contribution in [0.3, 0.4) is 0 Å². The third-order valence-corrected chi connectivity index (χ3v) is 4.06. The van der Waals surface area contributed by atoms with Gasteiger partial charge in [0, 0.05) is 35.1 Å². The van der Waals surface area contributed by atoms with Gasteiger partial charge in [0.25, 0.3) is 5.92 Å². The zero-order valence-corrected chi connectivity index (χ0v) is 17.8. The fourth-order valence-electron chi connectivity index (χ4n) is 2.64. The molecule has 6 nitrogen and oxygen atoms in total. The summed E-state index contributed by atoms with van der Waals surface area (Å²) in [6, 6.07) is 11.8. The average Bonchev–Trinajstić information content (AvgIpc) is 2.66. The van der Waals surface area contributed by atoms with Crippen LogP contribution >= 0.6 is 12.4 Å². The van der Waals surface area contributed by atoms with E-state index in [1.54, 1.807) is 24.3 Å². The van der Waals surface area contributed by atoms with Gasteiger partial charge >= 0.3 is 0 Å². The molecule has 2 aromatic rings. The number of carbonyl (C=O) groups is 2. The molecule has 1 unspecified atom stereocenters. The quantitative estimate of drug-likeness (QED) is 0.307. The average molecular weight is 449 g/mol. The van der Waals surface area contributed by atoms with Gasteiger partial charge in [0.1, 0.15) is 0 Å². The van der Waals surface area contributed by atoms with Crippen LogP contribution in [0.25, 0.3) is 0 Å². The summed E-state index contributed by atoms with van der Waals surface area (Å²) in [7, 11) is 0. The zero-order chi connectivity index (χ0) is 22.3. The molecule has 0 aliphatic heterocycles. The number of hydrogen-bond acceptors (Lipinski definition) is 4. The maximum atomic E-state index is 13.5. The predicted molar refractivity (Wildman–Crippen MR) is 120 cm³/mol. The molecule has 0 bridgehead atoms. The molecule has 9 heteroatoms. The zero-order valence-electron chi connectivity index (χ0n) is 17.0. The minimum absolute atomic E-state index is 0. The van der Waals surface area contributed by atoms with E-state index in [2.05, 4.69) is 22.5 Å². The van der Waals surface area contributed by atoms with Crippen molar-refractivity contribution < 1.29 is 18.4 Å². The molecule has 2 rings (SSSR count). The summed E-state index contributed by atoms with van der Waals surface area (Å²) in [6.45, 7) is 2.26. The number of rotatable bonds is 6. The maximum Gasteiger partial charge on any atom is 0.270 e. The van der Waals surface area contributed by atoms with E-state index in [1.165, 1.54) is 25.1 Å². The second kappa shape index (κ2) is 11.2. The lowest BCUT2D eigenvalue weighted by Gasteiger charge is -2.17. The molecule has 0 aliphatic rings. The molecule has 2 amide bonds. The first kappa shape index (κ1) is 25.8. The van der Waals surface area contributed by atoms with Crippen LogP contribution in [0.5, 0.6) is 0 Å². The van der Waals surface area contributed by atoms with E-state index in [0.717, 1.165) is 13.0 Å². The molecule has 31 heavy (non-hydrogen) atoms. The molecule has 0 spiro atoms. The summed E-state index contributed by atoms with van der Waals surface area (Å²) >= 11 is 0. The van der Waals surface area contributed by atoms with E-state index in [1.807, 2.05) is 0 Å². The molecule has 0 saturated heterocycles. The number of alkyl halides is 2. The second-order valence-electron chi connectivity index (χ2n) is 6.65. The highest BCUT2D eigenvalue weighted by Crippen LogP contribution is 2.28. The molecule has 0 saturated carbocycles. The second-order valence-corrected chi connectivity index (χ2v) is 6.65. The van der Waals surface area contributed by atoms with Gasteiger partial charge in [0.05, 0.1) is 6.54 Å². The molecule has 5 N–H and O–H groups in total. The van der Waals surface area contributed by atoms with Gasteiger partial charge in [0.15, 0.2) is 5.92 Å². The normalized spacial score (nSPS) is 11.3. The molecule has 1 atom stereocenters. The third kappa shape index (κ3) is 7.48. The largest absolute Gasteiger partial charge is 0.325 e. The highest BCUT2D eigenvalue weighted by atomic mass is 35.5. The van der Waals surface area contributed by atoms with Gasteiger partial charge < -0.3 is 21.8 Å². The number of carbonyl (C=O) groups excluding carboxylic acids is 2. The van der Waals surface area contributed by atoms with Crippen LogP contribution in [0.2, 0.25) is 0 Å². The van der Waals surface area contributed by atoms with Crippen molar-refractivity contribution in [3.05, 3.63) is 59.7 Å². The van der Waals surface area contributed by atoms with Crippen molar-refractivity contribution in [2.45, 2.75) is 19.8 Å². The van der Waals surface area contributed by atoms with E-state index in [-0.39, 0.29) is 35.9 Å². The Kier molecular flexibility index (Phi) is 9.31. The number of nitrogens with one attached hydrogen (secondary N) is 3. The van der Waals surface area contributed by atoms with Crippen LogP contribution in [-0.2, 0) is 15.5 Å². The molecule has 0 radical (unpaired) electrons. The summed E-state index contributed by atoms with van der Waals surface area (Å²) in [4.78, 5) is 25.3. The van der Waals surface area contributed by atoms with Crippen molar-refractivity contribution in [3.8, 4) is 11.8 Å². The van der Waals surface area contributed by atoms with Gasteiger partial charge in [0.2, 0.25) is 11.8 Å². The standard InChI is InChI=1S/C22H22F2N4O2.ClH/c1-14(26)19(20(29)27-17-9-3-6-15(12-17)7-5-11-25)21(30)28-18-10-4-8-16(13-18)22(2,23)24;/h3-4,6,8-10,12-13,19,26H,11,25H2,1-2H3,(H,27,29)(H,28,30);1H. The number of amides is 2. The highest BCUT2D eigenvalue weighted by molar-refractivity contribution is 6.24. The van der Waals surface area contributed by atoms with Gasteiger partial charge in [-0.2, -0.15) is 0 Å². The molecule has 0 aromatic heterocycles. The lowest BCUT2D eigenvalue weighted by molar-refractivity contribution is -0.126. The molecule has 0 fully saturated rings. The lowest BCUT2D eigenvalue weighted by Crippen LogP contribution is -2.38. The Morgan fingerprint density at radius 3 is 2.16 bits per heavy atom. The topological polar surface area (TPSA) is 108 Å². The Hall–Kier alpha value is -3.28. The number of hydrogen-bond donors (Lipinski definition) is 4. The molecule has 0 aliphatic carbocycles. The fraction of sp³-hybridized carbons (Fsp3) is 0.227. The number of anilines is 2. The van der Waals surface area contributed by atoms with E-state index < -0.39 is 23.7 Å². The third-order valence-electron chi connectivity index (χ3n) is 4.06. The Morgan fingerprint density at radius 1 is 1.10 bits per heavy atom. The molecular formula is C22H23ClF2N4O2. The Labute approximate surface area is 185 Å². The SMILES string of the molecule is CC(=N)C(C(=O)Nc1cccc(C#CCN)c1)C(=O)Nc1cccc(C(C)(F)F)c1.Cl. The van der Waals surface area contributed by atoms with Crippen LogP contribution in [-0.4, -0.2) is 24.1 Å². The van der Waals surface area contributed by atoms with E-state index >= 15 is 0 Å². The van der Waals surface area contributed by atoms with E-state index in [4.69, 9.17) is 11.1 Å². The van der Waals surface area contributed by atoms with Gasteiger partial charge in [-0.25, -0.2) is 8.78 Å². The van der Waals surface area contributed by atoms with Crippen LogP contribution < -0.4 is 16.4 Å². The minimum atomic E-state index is -3.08. The maximum absolute atomic E-state index is 13.5. The molecular weight excluding hydrogens is 426 g/mol. The summed E-state index contributed by atoms with van der Waals surface area (Å²) in [5, 5.41) is 12.9. The van der Waals surface area contributed by atoms with Crippen molar-refractivity contribution in [1.82, 2.24) is 0 Å². The van der Waals surface area contributed by atoms with Gasteiger partial charge in [-0.1, -0.05) is 30.0 Å². The summed E-state index contributed by atoms with van der Waals surface area (Å²) in [5.41, 5.74) is 6.01. The van der Waals surface area contributed by atoms with Crippen LogP contribution in [0.1, 0.15) is 25.0 Å². The summed E-state index contributed by atoms with van der Waals surface area (Å²) in [5.74, 6) is -0.495. The van der Waals surface area contributed by atoms with Gasteiger partial charge in [-0.05, 0) is 37.3 Å². The van der Waals surface area contributed by atoms with Crippen LogP contribution in [0.15, 0.2) is 48.5 Å². The van der Waals surface area contributed by atoms with Crippen LogP contribution in [0, 0.1) is 23.2 Å². The van der Waals surface area contributed by atoms with Crippen molar-refractivity contribution in [2.24, 2.45) is 11.7 Å². The summed E-state index contributed by atoms with van der Waals surface area (Å²) < 4.78 is 27.0. The number of benzene rings is 2. The van der Waals surface area contributed by atoms with Crippen molar-refractivity contribution in [1.29, 1.82) is 5.41 Å². The monoisotopic (exact) mass is 448 g/mol. The fourth-order valence-corrected chi connectivity index (χ4v) is 2.64. The van der Waals surface area contributed by atoms with E-state index in [9.17, 15) is 18.4 Å². The summed E-state index contributed by atoms with van der Waals surface area (Å²) in [6.07, 6.45) is 0. The minimum Gasteiger partial charge on any atom is -0.325 e. The van der Waals surface area contributed by atoms with Gasteiger partial charge in [-0.3, -0.25) is 9.59 Å². The Morgan fingerprint density at radius 2 is 1.65 bits per heavy atom. The number of nitrogens with two attached hydrogens (primary N) is 1. The molecule has 164 valence electrons. The van der Waals surface area contributed by atoms with Crippen molar-refractivity contribution in [3.63, 3.8) is 0 Å². The van der Waals surface area contributed by atoms with Crippen molar-refractivity contribution >= 4 is 41.3 Å². The first-order valence-electron chi connectivity index (χ1n) is 9.06. The predicted octanol–water partition coefficient (Wildman–Crippen LogP) is 3.76.